The molecule has 0 unspecified atom stereocenters. The van der Waals surface area contributed by atoms with Crippen molar-refractivity contribution in [3.63, 3.8) is 0 Å². The number of benzene rings is 1. The normalized spacial score (nSPS) is 21.1. The summed E-state index contributed by atoms with van der Waals surface area (Å²) < 4.78 is 0. The molecule has 0 aliphatic carbocycles. The van der Waals surface area contributed by atoms with Crippen molar-refractivity contribution in [2.24, 2.45) is 0 Å². The third-order valence-corrected chi connectivity index (χ3v) is 3.29. The van der Waals surface area contributed by atoms with E-state index in [2.05, 4.69) is 0 Å². The van der Waals surface area contributed by atoms with Crippen LogP contribution in [0.15, 0.2) is 18.2 Å². The van der Waals surface area contributed by atoms with Gasteiger partial charge in [0.25, 0.3) is 5.69 Å². The van der Waals surface area contributed by atoms with Gasteiger partial charge in [0.15, 0.2) is 0 Å². The molecule has 1 aromatic carbocycles. The first-order chi connectivity index (χ1) is 7.09. The molecule has 0 N–H and O–H groups in total. The van der Waals surface area contributed by atoms with Crippen LogP contribution in [0, 0.1) is 10.1 Å². The highest BCUT2D eigenvalue weighted by atomic mass is 35.5. The maximum atomic E-state index is 10.6. The van der Waals surface area contributed by atoms with Crippen LogP contribution in [0.5, 0.6) is 0 Å². The van der Waals surface area contributed by atoms with Gasteiger partial charge in [-0.2, -0.15) is 0 Å². The lowest BCUT2D eigenvalue weighted by Gasteiger charge is -2.29. The Balaban J connectivity index is 2.45. The average Bonchev–Trinajstić information content (AvgIpc) is 2.23. The SMILES string of the molecule is CN1CCc2ccc([N+](=O)[O-])cc2[C@@H]1Cl. The Morgan fingerprint density at radius 3 is 3.00 bits per heavy atom. The number of non-ortho nitro benzene ring substituents is 1. The van der Waals surface area contributed by atoms with E-state index in [1.54, 1.807) is 12.1 Å². The molecule has 1 aromatic rings. The van der Waals surface area contributed by atoms with E-state index in [0.717, 1.165) is 24.1 Å². The lowest BCUT2D eigenvalue weighted by molar-refractivity contribution is -0.385. The fourth-order valence-corrected chi connectivity index (χ4v) is 2.09. The lowest BCUT2D eigenvalue weighted by atomic mass is 9.99. The zero-order valence-electron chi connectivity index (χ0n) is 8.31. The molecule has 1 atom stereocenters. The van der Waals surface area contributed by atoms with Crippen LogP contribution in [0.25, 0.3) is 0 Å². The van der Waals surface area contributed by atoms with Gasteiger partial charge < -0.3 is 0 Å². The van der Waals surface area contributed by atoms with E-state index >= 15 is 0 Å². The summed E-state index contributed by atoms with van der Waals surface area (Å²) in [5.74, 6) is 0. The smallest absolute Gasteiger partial charge is 0.269 e. The zero-order chi connectivity index (χ0) is 11.0. The van der Waals surface area contributed by atoms with Crippen molar-refractivity contribution >= 4 is 17.3 Å². The summed E-state index contributed by atoms with van der Waals surface area (Å²) in [4.78, 5) is 12.2. The molecule has 0 aromatic heterocycles. The largest absolute Gasteiger partial charge is 0.286 e. The number of rotatable bonds is 1. The van der Waals surface area contributed by atoms with Crippen LogP contribution in [0.2, 0.25) is 0 Å². The van der Waals surface area contributed by atoms with Gasteiger partial charge in [0.2, 0.25) is 0 Å². The predicted octanol–water partition coefficient (Wildman–Crippen LogP) is 2.32. The molecule has 15 heavy (non-hydrogen) atoms. The van der Waals surface area contributed by atoms with Gasteiger partial charge in [0.1, 0.15) is 5.50 Å². The van der Waals surface area contributed by atoms with Crippen LogP contribution in [0.3, 0.4) is 0 Å². The van der Waals surface area contributed by atoms with Gasteiger partial charge in [0.05, 0.1) is 4.92 Å². The lowest BCUT2D eigenvalue weighted by Crippen LogP contribution is -2.29. The van der Waals surface area contributed by atoms with Crippen LogP contribution in [-0.4, -0.2) is 23.4 Å². The molecule has 0 amide bonds. The predicted molar refractivity (Wildman–Crippen MR) is 58.0 cm³/mol. The van der Waals surface area contributed by atoms with Crippen molar-refractivity contribution in [3.05, 3.63) is 39.4 Å². The topological polar surface area (TPSA) is 46.4 Å². The van der Waals surface area contributed by atoms with E-state index in [1.807, 2.05) is 11.9 Å². The van der Waals surface area contributed by atoms with Crippen molar-refractivity contribution in [2.75, 3.05) is 13.6 Å². The number of likely N-dealkylation sites (N-methyl/N-ethyl adjacent to an activating group) is 1. The molecular weight excluding hydrogens is 216 g/mol. The highest BCUT2D eigenvalue weighted by molar-refractivity contribution is 6.20. The molecule has 0 bridgehead atoms. The third kappa shape index (κ3) is 1.82. The molecule has 1 heterocycles. The van der Waals surface area contributed by atoms with E-state index in [4.69, 9.17) is 11.6 Å². The minimum Gasteiger partial charge on any atom is -0.286 e. The molecular formula is C10H11ClN2O2. The van der Waals surface area contributed by atoms with Crippen LogP contribution in [0.4, 0.5) is 5.69 Å². The van der Waals surface area contributed by atoms with Gasteiger partial charge in [-0.1, -0.05) is 6.07 Å². The Morgan fingerprint density at radius 2 is 2.33 bits per heavy atom. The van der Waals surface area contributed by atoms with E-state index in [1.165, 1.54) is 6.07 Å². The Labute approximate surface area is 92.6 Å². The van der Waals surface area contributed by atoms with Gasteiger partial charge >= 0.3 is 0 Å². The minimum atomic E-state index is -0.390. The minimum absolute atomic E-state index is 0.106. The number of nitro groups is 1. The van der Waals surface area contributed by atoms with E-state index in [-0.39, 0.29) is 11.2 Å². The molecule has 0 saturated carbocycles. The highest BCUT2D eigenvalue weighted by Crippen LogP contribution is 2.33. The summed E-state index contributed by atoms with van der Waals surface area (Å²) >= 11 is 6.18. The van der Waals surface area contributed by atoms with Gasteiger partial charge in [0, 0.05) is 18.7 Å². The maximum Gasteiger partial charge on any atom is 0.269 e. The van der Waals surface area contributed by atoms with Crippen molar-refractivity contribution in [3.8, 4) is 0 Å². The monoisotopic (exact) mass is 226 g/mol. The molecule has 0 saturated heterocycles. The highest BCUT2D eigenvalue weighted by Gasteiger charge is 2.24. The summed E-state index contributed by atoms with van der Waals surface area (Å²) in [5.41, 5.74) is 1.82. The molecule has 1 aliphatic heterocycles. The number of nitrogens with zero attached hydrogens (tertiary/aromatic N) is 2. The first-order valence-corrected chi connectivity index (χ1v) is 5.15. The van der Waals surface area contributed by atoms with Gasteiger partial charge in [-0.25, -0.2) is 0 Å². The summed E-state index contributed by atoms with van der Waals surface area (Å²) in [6.07, 6.45) is 0.896. The van der Waals surface area contributed by atoms with Gasteiger partial charge in [-0.05, 0) is 24.6 Å². The second-order valence-electron chi connectivity index (χ2n) is 3.71. The third-order valence-electron chi connectivity index (χ3n) is 2.72. The number of hydrogen-bond donors (Lipinski definition) is 0. The first kappa shape index (κ1) is 10.4. The first-order valence-electron chi connectivity index (χ1n) is 4.71. The number of fused-ring (bicyclic) bond motifs is 1. The molecule has 5 heteroatoms. The maximum absolute atomic E-state index is 10.6. The quantitative estimate of drug-likeness (QED) is 0.320. The number of nitro benzene ring substituents is 1. The molecule has 80 valence electrons. The van der Waals surface area contributed by atoms with Crippen molar-refractivity contribution < 1.29 is 4.92 Å². The summed E-state index contributed by atoms with van der Waals surface area (Å²) in [5, 5.41) is 10.6. The molecule has 0 fully saturated rings. The Kier molecular flexibility index (Phi) is 2.63. The standard InChI is InChI=1S/C10H11ClN2O2/c1-12-5-4-7-2-3-8(13(14)15)6-9(7)10(12)11/h2-3,6,10H,4-5H2,1H3/t10-/m1/s1. The van der Waals surface area contributed by atoms with E-state index in [0.29, 0.717) is 0 Å². The van der Waals surface area contributed by atoms with Gasteiger partial charge in [-0.15, -0.1) is 11.6 Å². The molecule has 0 spiro atoms. The van der Waals surface area contributed by atoms with Gasteiger partial charge in [-0.3, -0.25) is 15.0 Å². The molecule has 1 aliphatic rings. The van der Waals surface area contributed by atoms with Crippen LogP contribution in [-0.2, 0) is 6.42 Å². The summed E-state index contributed by atoms with van der Waals surface area (Å²) in [6.45, 7) is 0.888. The molecule has 4 nitrogen and oxygen atoms in total. The fourth-order valence-electron chi connectivity index (χ4n) is 1.79. The Morgan fingerprint density at radius 1 is 1.60 bits per heavy atom. The number of alkyl halides is 1. The number of hydrogen-bond acceptors (Lipinski definition) is 3. The summed E-state index contributed by atoms with van der Waals surface area (Å²) in [6, 6.07) is 4.91. The van der Waals surface area contributed by atoms with Crippen molar-refractivity contribution in [2.45, 2.75) is 11.9 Å². The number of halogens is 1. The fraction of sp³-hybridized carbons (Fsp3) is 0.400. The van der Waals surface area contributed by atoms with Crippen LogP contribution < -0.4 is 0 Å². The van der Waals surface area contributed by atoms with Crippen molar-refractivity contribution in [1.82, 2.24) is 4.90 Å². The second kappa shape index (κ2) is 3.79. The van der Waals surface area contributed by atoms with Crippen LogP contribution in [0.1, 0.15) is 16.6 Å². The van der Waals surface area contributed by atoms with Crippen LogP contribution >= 0.6 is 11.6 Å². The molecule has 0 radical (unpaired) electrons. The van der Waals surface area contributed by atoms with Crippen molar-refractivity contribution in [1.29, 1.82) is 0 Å². The summed E-state index contributed by atoms with van der Waals surface area (Å²) in [7, 11) is 1.92. The Hall–Kier alpha value is -1.13. The average molecular weight is 227 g/mol. The molecule has 2 rings (SSSR count). The zero-order valence-corrected chi connectivity index (χ0v) is 9.07. The van der Waals surface area contributed by atoms with E-state index in [9.17, 15) is 10.1 Å². The van der Waals surface area contributed by atoms with E-state index < -0.39 is 4.92 Å². The second-order valence-corrected chi connectivity index (χ2v) is 4.12. The Bertz CT molecular complexity index is 408.